The van der Waals surface area contributed by atoms with Gasteiger partial charge in [0.25, 0.3) is 5.91 Å². The van der Waals surface area contributed by atoms with E-state index in [0.29, 0.717) is 30.0 Å². The highest BCUT2D eigenvalue weighted by Gasteiger charge is 2.32. The standard InChI is InChI=1S/C15H20N2O3/c1-9-8-16-6-7-17(9)15(19)14-10(2)13-11(18)4-3-5-12(13)20-14/h9,16H,3-8H2,1-2H3/t9-/m0/s1. The zero-order chi connectivity index (χ0) is 14.3. The van der Waals surface area contributed by atoms with Gasteiger partial charge in [-0.05, 0) is 20.3 Å². The van der Waals surface area contributed by atoms with Crippen LogP contribution in [0.4, 0.5) is 0 Å². The normalized spacial score (nSPS) is 22.8. The smallest absolute Gasteiger partial charge is 0.290 e. The number of carbonyl (C=O) groups excluding carboxylic acids is 2. The maximum atomic E-state index is 12.6. The number of nitrogens with one attached hydrogen (secondary N) is 1. The molecule has 5 heteroatoms. The van der Waals surface area contributed by atoms with E-state index in [0.717, 1.165) is 31.5 Å². The van der Waals surface area contributed by atoms with Crippen LogP contribution >= 0.6 is 0 Å². The van der Waals surface area contributed by atoms with E-state index >= 15 is 0 Å². The first kappa shape index (κ1) is 13.4. The molecule has 1 amide bonds. The summed E-state index contributed by atoms with van der Waals surface area (Å²) in [5.74, 6) is 1.09. The van der Waals surface area contributed by atoms with Crippen LogP contribution < -0.4 is 5.32 Å². The molecule has 1 aromatic rings. The van der Waals surface area contributed by atoms with Crippen LogP contribution in [0.5, 0.6) is 0 Å². The number of ketones is 1. The minimum absolute atomic E-state index is 0.0845. The van der Waals surface area contributed by atoms with Crippen LogP contribution in [-0.2, 0) is 6.42 Å². The summed E-state index contributed by atoms with van der Waals surface area (Å²) in [6.45, 7) is 6.12. The van der Waals surface area contributed by atoms with Crippen LogP contribution in [0, 0.1) is 6.92 Å². The largest absolute Gasteiger partial charge is 0.455 e. The molecule has 0 spiro atoms. The van der Waals surface area contributed by atoms with Gasteiger partial charge in [-0.2, -0.15) is 0 Å². The van der Waals surface area contributed by atoms with Gasteiger partial charge in [-0.3, -0.25) is 9.59 Å². The average molecular weight is 276 g/mol. The number of carbonyl (C=O) groups is 2. The third kappa shape index (κ3) is 2.06. The molecule has 1 saturated heterocycles. The molecule has 0 saturated carbocycles. The van der Waals surface area contributed by atoms with Gasteiger partial charge in [-0.15, -0.1) is 0 Å². The second kappa shape index (κ2) is 5.05. The quantitative estimate of drug-likeness (QED) is 0.845. The van der Waals surface area contributed by atoms with Crippen molar-refractivity contribution >= 4 is 11.7 Å². The summed E-state index contributed by atoms with van der Waals surface area (Å²) in [6, 6.07) is 0.147. The van der Waals surface area contributed by atoms with Gasteiger partial charge in [0.05, 0.1) is 5.56 Å². The number of Topliss-reactive ketones (excluding diaryl/α,β-unsaturated/α-hetero) is 1. The average Bonchev–Trinajstić information content (AvgIpc) is 2.77. The van der Waals surface area contributed by atoms with Gasteiger partial charge in [-0.25, -0.2) is 0 Å². The highest BCUT2D eigenvalue weighted by molar-refractivity contribution is 6.03. The zero-order valence-corrected chi connectivity index (χ0v) is 12.0. The summed E-state index contributed by atoms with van der Waals surface area (Å²) in [5, 5.41) is 3.26. The Kier molecular flexibility index (Phi) is 3.38. The van der Waals surface area contributed by atoms with Crippen LogP contribution in [0.15, 0.2) is 4.42 Å². The number of hydrogen-bond donors (Lipinski definition) is 1. The first-order chi connectivity index (χ1) is 9.59. The van der Waals surface area contributed by atoms with Crippen molar-refractivity contribution in [2.24, 2.45) is 0 Å². The van der Waals surface area contributed by atoms with Crippen molar-refractivity contribution < 1.29 is 14.0 Å². The van der Waals surface area contributed by atoms with Crippen molar-refractivity contribution in [3.05, 3.63) is 22.6 Å². The second-order valence-electron chi connectivity index (χ2n) is 5.68. The number of hydrogen-bond acceptors (Lipinski definition) is 4. The lowest BCUT2D eigenvalue weighted by Gasteiger charge is -2.33. The molecule has 0 bridgehead atoms. The monoisotopic (exact) mass is 276 g/mol. The summed E-state index contributed by atoms with van der Waals surface area (Å²) in [6.07, 6.45) is 2.13. The number of aryl methyl sites for hydroxylation is 1. The van der Waals surface area contributed by atoms with Crippen LogP contribution in [0.25, 0.3) is 0 Å². The van der Waals surface area contributed by atoms with Crippen molar-refractivity contribution in [2.45, 2.75) is 39.2 Å². The third-order valence-corrected chi connectivity index (χ3v) is 4.26. The molecule has 0 radical (unpaired) electrons. The molecule has 5 nitrogen and oxygen atoms in total. The summed E-state index contributed by atoms with van der Waals surface area (Å²) in [7, 11) is 0. The molecule has 1 fully saturated rings. The lowest BCUT2D eigenvalue weighted by atomic mass is 9.94. The Hall–Kier alpha value is -1.62. The van der Waals surface area contributed by atoms with Gasteiger partial charge in [0.15, 0.2) is 11.5 Å². The van der Waals surface area contributed by atoms with Crippen molar-refractivity contribution in [1.82, 2.24) is 10.2 Å². The number of fused-ring (bicyclic) bond motifs is 1. The molecule has 1 aliphatic carbocycles. The zero-order valence-electron chi connectivity index (χ0n) is 12.0. The maximum absolute atomic E-state index is 12.6. The van der Waals surface area contributed by atoms with Gasteiger partial charge < -0.3 is 14.6 Å². The van der Waals surface area contributed by atoms with Crippen LogP contribution in [0.2, 0.25) is 0 Å². The van der Waals surface area contributed by atoms with Gasteiger partial charge >= 0.3 is 0 Å². The van der Waals surface area contributed by atoms with Gasteiger partial charge in [0.2, 0.25) is 0 Å². The Labute approximate surface area is 118 Å². The SMILES string of the molecule is Cc1c(C(=O)N2CCNC[C@@H]2C)oc2c1C(=O)CCC2. The lowest BCUT2D eigenvalue weighted by molar-refractivity contribution is 0.0619. The molecule has 20 heavy (non-hydrogen) atoms. The van der Waals surface area contributed by atoms with Gasteiger partial charge in [0, 0.05) is 44.1 Å². The minimum atomic E-state index is -0.0845. The number of piperazine rings is 1. The molecule has 1 aliphatic heterocycles. The van der Waals surface area contributed by atoms with E-state index < -0.39 is 0 Å². The Morgan fingerprint density at radius 1 is 1.40 bits per heavy atom. The summed E-state index contributed by atoms with van der Waals surface area (Å²) < 4.78 is 5.74. The summed E-state index contributed by atoms with van der Waals surface area (Å²) in [5.41, 5.74) is 1.38. The molecule has 2 aliphatic rings. The molecule has 108 valence electrons. The molecule has 0 aromatic carbocycles. The second-order valence-corrected chi connectivity index (χ2v) is 5.68. The van der Waals surface area contributed by atoms with Crippen LogP contribution in [0.3, 0.4) is 0 Å². The fourth-order valence-electron chi connectivity index (χ4n) is 3.13. The van der Waals surface area contributed by atoms with E-state index in [9.17, 15) is 9.59 Å². The molecule has 1 aromatic heterocycles. The number of amides is 1. The number of rotatable bonds is 1. The molecular formula is C15H20N2O3. The molecular weight excluding hydrogens is 256 g/mol. The predicted octanol–water partition coefficient (Wildman–Crippen LogP) is 1.54. The predicted molar refractivity (Wildman–Crippen MR) is 74.1 cm³/mol. The van der Waals surface area contributed by atoms with E-state index in [2.05, 4.69) is 5.32 Å². The van der Waals surface area contributed by atoms with Gasteiger partial charge in [-0.1, -0.05) is 0 Å². The fourth-order valence-corrected chi connectivity index (χ4v) is 3.13. The third-order valence-electron chi connectivity index (χ3n) is 4.26. The molecule has 1 N–H and O–H groups in total. The molecule has 1 atom stereocenters. The Balaban J connectivity index is 1.94. The lowest BCUT2D eigenvalue weighted by Crippen LogP contribution is -2.52. The molecule has 2 heterocycles. The Bertz CT molecular complexity index is 562. The highest BCUT2D eigenvalue weighted by atomic mass is 16.4. The van der Waals surface area contributed by atoms with Crippen molar-refractivity contribution in [3.63, 3.8) is 0 Å². The number of furan rings is 1. The van der Waals surface area contributed by atoms with E-state index in [1.54, 1.807) is 0 Å². The first-order valence-electron chi connectivity index (χ1n) is 7.26. The Morgan fingerprint density at radius 2 is 2.20 bits per heavy atom. The first-order valence-corrected chi connectivity index (χ1v) is 7.26. The molecule has 3 rings (SSSR count). The van der Waals surface area contributed by atoms with Crippen molar-refractivity contribution in [1.29, 1.82) is 0 Å². The van der Waals surface area contributed by atoms with Gasteiger partial charge in [0.1, 0.15) is 5.76 Å². The highest BCUT2D eigenvalue weighted by Crippen LogP contribution is 2.30. The van der Waals surface area contributed by atoms with E-state index in [1.807, 2.05) is 18.7 Å². The number of nitrogens with zero attached hydrogens (tertiary/aromatic N) is 1. The Morgan fingerprint density at radius 3 is 2.90 bits per heavy atom. The minimum Gasteiger partial charge on any atom is -0.455 e. The van der Waals surface area contributed by atoms with Crippen LogP contribution in [-0.4, -0.2) is 42.3 Å². The van der Waals surface area contributed by atoms with E-state index in [1.165, 1.54) is 0 Å². The summed E-state index contributed by atoms with van der Waals surface area (Å²) in [4.78, 5) is 26.5. The fraction of sp³-hybridized carbons (Fsp3) is 0.600. The van der Waals surface area contributed by atoms with Crippen molar-refractivity contribution in [2.75, 3.05) is 19.6 Å². The van der Waals surface area contributed by atoms with Crippen molar-refractivity contribution in [3.8, 4) is 0 Å². The summed E-state index contributed by atoms with van der Waals surface area (Å²) >= 11 is 0. The topological polar surface area (TPSA) is 62.6 Å². The maximum Gasteiger partial charge on any atom is 0.290 e. The van der Waals surface area contributed by atoms with E-state index in [4.69, 9.17) is 4.42 Å². The molecule has 0 unspecified atom stereocenters. The van der Waals surface area contributed by atoms with E-state index in [-0.39, 0.29) is 17.7 Å². The van der Waals surface area contributed by atoms with Crippen LogP contribution in [0.1, 0.15) is 52.0 Å².